The molecule has 0 unspecified atom stereocenters. The zero-order valence-corrected chi connectivity index (χ0v) is 16.8. The molecule has 2 aromatic rings. The molecule has 0 aliphatic heterocycles. The molecule has 2 rings (SSSR count). The van der Waals surface area contributed by atoms with Crippen molar-refractivity contribution in [2.45, 2.75) is 34.6 Å². The third kappa shape index (κ3) is 4.38. The van der Waals surface area contributed by atoms with Crippen LogP contribution >= 0.6 is 0 Å². The molecular weight excluding hydrogens is 336 g/mol. The molecule has 4 nitrogen and oxygen atoms in total. The van der Waals surface area contributed by atoms with Crippen molar-refractivity contribution in [3.05, 3.63) is 70.4 Å². The van der Waals surface area contributed by atoms with E-state index in [0.717, 1.165) is 16.7 Å². The maximum absolute atomic E-state index is 13.0. The summed E-state index contributed by atoms with van der Waals surface area (Å²) >= 11 is 0. The van der Waals surface area contributed by atoms with Crippen LogP contribution in [0.25, 0.3) is 5.57 Å². The summed E-state index contributed by atoms with van der Waals surface area (Å²) in [7, 11) is 1.58. The first-order chi connectivity index (χ1) is 12.7. The van der Waals surface area contributed by atoms with Gasteiger partial charge in [0.15, 0.2) is 0 Å². The highest BCUT2D eigenvalue weighted by Crippen LogP contribution is 2.32. The molecule has 0 radical (unpaired) electrons. The van der Waals surface area contributed by atoms with Gasteiger partial charge in [0.2, 0.25) is 0 Å². The summed E-state index contributed by atoms with van der Waals surface area (Å²) in [4.78, 5) is 13.0. The van der Waals surface area contributed by atoms with E-state index in [-0.39, 0.29) is 5.91 Å². The third-order valence-electron chi connectivity index (χ3n) is 4.51. The minimum atomic E-state index is -0.421. The van der Waals surface area contributed by atoms with E-state index in [1.54, 1.807) is 19.2 Å². The molecule has 1 N–H and O–H groups in total. The third-order valence-corrected chi connectivity index (χ3v) is 4.51. The number of allylic oxidation sites excluding steroid dienone is 2. The smallest absolute Gasteiger partial charge is 0.255 e. The molecule has 0 saturated carbocycles. The first-order valence-corrected chi connectivity index (χ1v) is 8.86. The van der Waals surface area contributed by atoms with Gasteiger partial charge >= 0.3 is 0 Å². The summed E-state index contributed by atoms with van der Waals surface area (Å²) < 4.78 is 5.32. The molecule has 1 amide bonds. The highest BCUT2D eigenvalue weighted by atomic mass is 16.5. The van der Waals surface area contributed by atoms with Crippen LogP contribution in [0.3, 0.4) is 0 Å². The van der Waals surface area contributed by atoms with E-state index in [9.17, 15) is 10.1 Å². The van der Waals surface area contributed by atoms with Crippen molar-refractivity contribution >= 4 is 11.5 Å². The lowest BCUT2D eigenvalue weighted by atomic mass is 9.85. The number of carbonyl (C=O) groups excluding carboxylic acids is 1. The molecule has 0 aromatic heterocycles. The number of nitrogens with one attached hydrogen (secondary N) is 1. The second-order valence-electron chi connectivity index (χ2n) is 7.51. The predicted molar refractivity (Wildman–Crippen MR) is 108 cm³/mol. The Balaban J connectivity index is 2.58. The van der Waals surface area contributed by atoms with E-state index in [1.165, 1.54) is 0 Å². The molecule has 0 fully saturated rings. The number of aryl methyl sites for hydroxylation is 1. The van der Waals surface area contributed by atoms with Gasteiger partial charge in [-0.1, -0.05) is 51.1 Å². The molecule has 0 bridgehead atoms. The minimum Gasteiger partial charge on any atom is -0.496 e. The number of nitrogens with zero attached hydrogens (tertiary/aromatic N) is 1. The Morgan fingerprint density at radius 3 is 2.22 bits per heavy atom. The number of methoxy groups -OCH3 is 1. The number of rotatable bonds is 4. The average molecular weight is 362 g/mol. The van der Waals surface area contributed by atoms with Gasteiger partial charge in [-0.25, -0.2) is 0 Å². The molecule has 27 heavy (non-hydrogen) atoms. The Morgan fingerprint density at radius 1 is 1.04 bits per heavy atom. The van der Waals surface area contributed by atoms with Gasteiger partial charge in [0, 0.05) is 22.2 Å². The molecule has 0 spiro atoms. The van der Waals surface area contributed by atoms with Crippen molar-refractivity contribution in [1.29, 1.82) is 5.26 Å². The number of ether oxygens (including phenoxy) is 1. The van der Waals surface area contributed by atoms with Crippen molar-refractivity contribution in [2.75, 3.05) is 7.11 Å². The molecule has 0 heterocycles. The SMILES string of the molecule is COc1cccc(C(=O)NC(=C(C#N)c2ccccc2C)C(C)(C)C)c1C. The molecule has 0 atom stereocenters. The van der Waals surface area contributed by atoms with E-state index >= 15 is 0 Å². The number of hydrogen-bond acceptors (Lipinski definition) is 3. The first kappa shape index (κ1) is 20.3. The number of amides is 1. The average Bonchev–Trinajstić information content (AvgIpc) is 2.62. The van der Waals surface area contributed by atoms with Crippen molar-refractivity contribution in [1.82, 2.24) is 5.32 Å². The fourth-order valence-electron chi connectivity index (χ4n) is 2.99. The van der Waals surface area contributed by atoms with Crippen molar-refractivity contribution in [3.8, 4) is 11.8 Å². The van der Waals surface area contributed by atoms with Crippen LogP contribution in [-0.2, 0) is 0 Å². The molecule has 4 heteroatoms. The van der Waals surface area contributed by atoms with Crippen molar-refractivity contribution < 1.29 is 9.53 Å². The van der Waals surface area contributed by atoms with Gasteiger partial charge in [0.1, 0.15) is 11.8 Å². The Hall–Kier alpha value is -3.06. The van der Waals surface area contributed by atoms with E-state index in [2.05, 4.69) is 11.4 Å². The number of hydrogen-bond donors (Lipinski definition) is 1. The second kappa shape index (κ2) is 8.09. The van der Waals surface area contributed by atoms with Gasteiger partial charge in [0.25, 0.3) is 5.91 Å². The quantitative estimate of drug-likeness (QED) is 0.777. The number of carbonyl (C=O) groups is 1. The van der Waals surface area contributed by atoms with Crippen LogP contribution in [0.4, 0.5) is 0 Å². The normalized spacial score (nSPS) is 12.0. The van der Waals surface area contributed by atoms with E-state index in [0.29, 0.717) is 22.6 Å². The number of nitriles is 1. The van der Waals surface area contributed by atoms with Gasteiger partial charge in [0.05, 0.1) is 12.7 Å². The largest absolute Gasteiger partial charge is 0.496 e. The first-order valence-electron chi connectivity index (χ1n) is 8.86. The highest BCUT2D eigenvalue weighted by Gasteiger charge is 2.26. The molecule has 140 valence electrons. The van der Waals surface area contributed by atoms with E-state index < -0.39 is 5.41 Å². The summed E-state index contributed by atoms with van der Waals surface area (Å²) in [6.07, 6.45) is 0. The van der Waals surface area contributed by atoms with Crippen LogP contribution in [0.2, 0.25) is 0 Å². The van der Waals surface area contributed by atoms with Crippen LogP contribution in [0.1, 0.15) is 47.8 Å². The predicted octanol–water partition coefficient (Wildman–Crippen LogP) is 5.02. The van der Waals surface area contributed by atoms with Gasteiger partial charge < -0.3 is 10.1 Å². The van der Waals surface area contributed by atoms with Crippen LogP contribution in [0.15, 0.2) is 48.2 Å². The van der Waals surface area contributed by atoms with Crippen LogP contribution in [0.5, 0.6) is 5.75 Å². The lowest BCUT2D eigenvalue weighted by Crippen LogP contribution is -2.31. The van der Waals surface area contributed by atoms with Gasteiger partial charge in [-0.2, -0.15) is 5.26 Å². The fourth-order valence-corrected chi connectivity index (χ4v) is 2.99. The fraction of sp³-hybridized carbons (Fsp3) is 0.304. The van der Waals surface area contributed by atoms with Crippen LogP contribution in [0, 0.1) is 30.6 Å². The summed E-state index contributed by atoms with van der Waals surface area (Å²) in [5, 5.41) is 12.9. The summed E-state index contributed by atoms with van der Waals surface area (Å²) in [6, 6.07) is 15.4. The van der Waals surface area contributed by atoms with E-state index in [4.69, 9.17) is 4.74 Å². The Kier molecular flexibility index (Phi) is 6.07. The maximum atomic E-state index is 13.0. The molecule has 0 aliphatic rings. The standard InChI is InChI=1S/C23H26N2O2/c1-15-10-7-8-11-17(15)19(14-24)21(23(3,4)5)25-22(26)18-12-9-13-20(27-6)16(18)2/h7-13H,1-6H3,(H,25,26). The lowest BCUT2D eigenvalue weighted by molar-refractivity contribution is 0.0957. The molecule has 0 aliphatic carbocycles. The lowest BCUT2D eigenvalue weighted by Gasteiger charge is -2.26. The second-order valence-corrected chi connectivity index (χ2v) is 7.51. The zero-order valence-electron chi connectivity index (χ0n) is 16.8. The monoisotopic (exact) mass is 362 g/mol. The summed E-state index contributed by atoms with van der Waals surface area (Å²) in [6.45, 7) is 9.76. The Morgan fingerprint density at radius 2 is 1.67 bits per heavy atom. The van der Waals surface area contributed by atoms with Crippen molar-refractivity contribution in [3.63, 3.8) is 0 Å². The zero-order chi connectivity index (χ0) is 20.2. The van der Waals surface area contributed by atoms with Gasteiger partial charge in [-0.3, -0.25) is 4.79 Å². The van der Waals surface area contributed by atoms with Gasteiger partial charge in [-0.05, 0) is 37.1 Å². The van der Waals surface area contributed by atoms with Gasteiger partial charge in [-0.15, -0.1) is 0 Å². The maximum Gasteiger partial charge on any atom is 0.255 e. The van der Waals surface area contributed by atoms with Crippen molar-refractivity contribution in [2.24, 2.45) is 5.41 Å². The number of benzene rings is 2. The summed E-state index contributed by atoms with van der Waals surface area (Å²) in [5.74, 6) is 0.404. The highest BCUT2D eigenvalue weighted by molar-refractivity contribution is 5.99. The van der Waals surface area contributed by atoms with E-state index in [1.807, 2.05) is 65.0 Å². The topological polar surface area (TPSA) is 62.1 Å². The van der Waals surface area contributed by atoms with Crippen LogP contribution in [-0.4, -0.2) is 13.0 Å². The minimum absolute atomic E-state index is 0.252. The Bertz CT molecular complexity index is 928. The van der Waals surface area contributed by atoms with Crippen LogP contribution < -0.4 is 10.1 Å². The molecule has 0 saturated heterocycles. The Labute approximate surface area is 161 Å². The molecule has 2 aromatic carbocycles. The summed E-state index contributed by atoms with van der Waals surface area (Å²) in [5.41, 5.74) is 3.77. The molecular formula is C23H26N2O2.